The van der Waals surface area contributed by atoms with Crippen LogP contribution in [0, 0.1) is 0 Å². The summed E-state index contributed by atoms with van der Waals surface area (Å²) in [5.41, 5.74) is 2.69. The van der Waals surface area contributed by atoms with Gasteiger partial charge < -0.3 is 5.32 Å². The summed E-state index contributed by atoms with van der Waals surface area (Å²) >= 11 is 4.53. The Morgan fingerprint density at radius 3 is 3.14 bits per heavy atom. The largest absolute Gasteiger partial charge is 0.377 e. The second kappa shape index (κ2) is 4.67. The van der Waals surface area contributed by atoms with Crippen LogP contribution in [0.15, 0.2) is 9.85 Å². The molecule has 0 saturated heterocycles. The van der Waals surface area contributed by atoms with Gasteiger partial charge in [-0.15, -0.1) is 15.3 Å². The Morgan fingerprint density at radius 2 is 2.43 bits per heavy atom. The Bertz CT molecular complexity index is 384. The number of nitrogens with one attached hydrogen (secondary N) is 1. The van der Waals surface area contributed by atoms with Crippen LogP contribution in [0.5, 0.6) is 0 Å². The van der Waals surface area contributed by atoms with Gasteiger partial charge >= 0.3 is 0 Å². The summed E-state index contributed by atoms with van der Waals surface area (Å²) in [6.07, 6.45) is 0. The van der Waals surface area contributed by atoms with Gasteiger partial charge in [-0.2, -0.15) is 0 Å². The number of nitrogens with zero attached hydrogens (tertiary/aromatic N) is 4. The minimum Gasteiger partial charge on any atom is -0.377 e. The predicted molar refractivity (Wildman–Crippen MR) is 58.9 cm³/mol. The number of aromatic nitrogens is 4. The first kappa shape index (κ1) is 9.81. The molecule has 0 spiro atoms. The van der Waals surface area contributed by atoms with Gasteiger partial charge in [-0.1, -0.05) is 27.6 Å². The number of anilines is 1. The average molecular weight is 245 g/mol. The number of hydrogen-bond donors (Lipinski definition) is 1. The van der Waals surface area contributed by atoms with Gasteiger partial charge in [0.2, 0.25) is 0 Å². The van der Waals surface area contributed by atoms with Gasteiger partial charge in [0.25, 0.3) is 0 Å². The molecule has 2 heterocycles. The molecular formula is C6H7N5S3. The molecular weight excluding hydrogens is 238 g/mol. The molecule has 0 atom stereocenters. The fourth-order valence-corrected chi connectivity index (χ4v) is 2.89. The van der Waals surface area contributed by atoms with Crippen molar-refractivity contribution in [3.63, 3.8) is 0 Å². The molecule has 0 saturated carbocycles. The van der Waals surface area contributed by atoms with Gasteiger partial charge in [-0.25, -0.2) is 0 Å². The average Bonchev–Trinajstić information content (AvgIpc) is 2.85. The minimum atomic E-state index is 0.780. The fraction of sp³-hybridized carbons (Fsp3) is 0.333. The van der Waals surface area contributed by atoms with Gasteiger partial charge in [0.1, 0.15) is 16.2 Å². The van der Waals surface area contributed by atoms with Crippen LogP contribution in [0.25, 0.3) is 0 Å². The number of rotatable bonds is 4. The molecule has 0 aliphatic rings. The smallest absolute Gasteiger partial charge is 0.174 e. The van der Waals surface area contributed by atoms with Gasteiger partial charge in [-0.3, -0.25) is 0 Å². The van der Waals surface area contributed by atoms with E-state index in [4.69, 9.17) is 0 Å². The van der Waals surface area contributed by atoms with Crippen LogP contribution < -0.4 is 5.32 Å². The highest BCUT2D eigenvalue weighted by Crippen LogP contribution is 2.27. The van der Waals surface area contributed by atoms with Crippen molar-refractivity contribution in [2.24, 2.45) is 0 Å². The molecule has 74 valence electrons. The maximum atomic E-state index is 4.03. The summed E-state index contributed by atoms with van der Waals surface area (Å²) in [7, 11) is 1.87. The topological polar surface area (TPSA) is 63.6 Å². The van der Waals surface area contributed by atoms with Gasteiger partial charge in [0.15, 0.2) is 4.34 Å². The molecule has 0 aromatic carbocycles. The van der Waals surface area contributed by atoms with Crippen molar-refractivity contribution in [2.45, 2.75) is 10.1 Å². The highest BCUT2D eigenvalue weighted by atomic mass is 32.2. The quantitative estimate of drug-likeness (QED) is 0.828. The Hall–Kier alpha value is -0.730. The summed E-state index contributed by atoms with van der Waals surface area (Å²) in [5, 5.41) is 15.8. The lowest BCUT2D eigenvalue weighted by atomic mass is 10.5. The van der Waals surface area contributed by atoms with Crippen molar-refractivity contribution < 1.29 is 0 Å². The Balaban J connectivity index is 1.98. The molecule has 1 N–H and O–H groups in total. The minimum absolute atomic E-state index is 0.780. The summed E-state index contributed by atoms with van der Waals surface area (Å²) in [6, 6.07) is 0. The van der Waals surface area contributed by atoms with E-state index in [0.29, 0.717) is 0 Å². The zero-order valence-corrected chi connectivity index (χ0v) is 9.75. The maximum absolute atomic E-state index is 4.03. The Kier molecular flexibility index (Phi) is 3.27. The third-order valence-corrected chi connectivity index (χ3v) is 4.11. The van der Waals surface area contributed by atoms with Crippen LogP contribution in [0.4, 0.5) is 5.00 Å². The molecule has 0 fully saturated rings. The van der Waals surface area contributed by atoms with Crippen molar-refractivity contribution in [2.75, 3.05) is 12.4 Å². The van der Waals surface area contributed by atoms with E-state index in [0.717, 1.165) is 20.8 Å². The molecule has 0 amide bonds. The second-order valence-electron chi connectivity index (χ2n) is 2.29. The van der Waals surface area contributed by atoms with Gasteiger partial charge in [0, 0.05) is 24.3 Å². The molecule has 2 rings (SSSR count). The Morgan fingerprint density at radius 1 is 1.50 bits per heavy atom. The van der Waals surface area contributed by atoms with Crippen molar-refractivity contribution in [1.82, 2.24) is 19.8 Å². The highest BCUT2D eigenvalue weighted by Gasteiger charge is 2.07. The van der Waals surface area contributed by atoms with E-state index in [2.05, 4.69) is 25.1 Å². The summed E-state index contributed by atoms with van der Waals surface area (Å²) < 4.78 is 4.83. The first-order valence-corrected chi connectivity index (χ1v) is 6.42. The first-order chi connectivity index (χ1) is 6.90. The lowest BCUT2D eigenvalue weighted by Crippen LogP contribution is -1.90. The van der Waals surface area contributed by atoms with E-state index in [1.165, 1.54) is 22.9 Å². The van der Waals surface area contributed by atoms with Gasteiger partial charge in [-0.05, 0) is 0 Å². The van der Waals surface area contributed by atoms with Crippen LogP contribution in [-0.2, 0) is 5.75 Å². The molecule has 0 aliphatic carbocycles. The monoisotopic (exact) mass is 245 g/mol. The first-order valence-electron chi connectivity index (χ1n) is 3.78. The van der Waals surface area contributed by atoms with Crippen LogP contribution in [-0.4, -0.2) is 26.8 Å². The van der Waals surface area contributed by atoms with E-state index in [9.17, 15) is 0 Å². The van der Waals surface area contributed by atoms with E-state index >= 15 is 0 Å². The lowest BCUT2D eigenvalue weighted by molar-refractivity contribution is 1.01. The summed E-state index contributed by atoms with van der Waals surface area (Å²) in [4.78, 5) is 0. The molecule has 0 radical (unpaired) electrons. The normalized spacial score (nSPS) is 10.4. The molecule has 2 aromatic heterocycles. The molecule has 2 aromatic rings. The Labute approximate surface area is 93.1 Å². The summed E-state index contributed by atoms with van der Waals surface area (Å²) in [5.74, 6) is 0.780. The van der Waals surface area contributed by atoms with Crippen LogP contribution in [0.3, 0.4) is 0 Å². The highest BCUT2D eigenvalue weighted by molar-refractivity contribution is 8.00. The van der Waals surface area contributed by atoms with E-state index in [1.54, 1.807) is 17.3 Å². The van der Waals surface area contributed by atoms with Crippen molar-refractivity contribution in [3.8, 4) is 0 Å². The third kappa shape index (κ3) is 2.20. The standard InChI is InChI=1S/C6H7N5S3/c1-7-5-4(9-11-14-5)2-12-6-10-8-3-13-6/h3,7H,2H2,1H3. The molecule has 5 nitrogen and oxygen atoms in total. The van der Waals surface area contributed by atoms with Crippen molar-refractivity contribution in [1.29, 1.82) is 0 Å². The SMILES string of the molecule is CNc1snnc1CSc1nncs1. The summed E-state index contributed by atoms with van der Waals surface area (Å²) in [6.45, 7) is 0. The molecule has 8 heteroatoms. The molecule has 0 bridgehead atoms. The predicted octanol–water partition coefficient (Wildman–Crippen LogP) is 1.72. The zero-order valence-electron chi connectivity index (χ0n) is 7.30. The van der Waals surface area contributed by atoms with Crippen LogP contribution in [0.1, 0.15) is 5.69 Å². The van der Waals surface area contributed by atoms with Crippen LogP contribution in [0.2, 0.25) is 0 Å². The number of thioether (sulfide) groups is 1. The van der Waals surface area contributed by atoms with E-state index in [-0.39, 0.29) is 0 Å². The molecule has 0 unspecified atom stereocenters. The van der Waals surface area contributed by atoms with E-state index < -0.39 is 0 Å². The van der Waals surface area contributed by atoms with Crippen molar-refractivity contribution >= 4 is 39.6 Å². The van der Waals surface area contributed by atoms with Gasteiger partial charge in [0.05, 0.1) is 0 Å². The lowest BCUT2D eigenvalue weighted by Gasteiger charge is -1.96. The third-order valence-electron chi connectivity index (χ3n) is 1.46. The van der Waals surface area contributed by atoms with Crippen molar-refractivity contribution in [3.05, 3.63) is 11.2 Å². The second-order valence-corrected chi connectivity index (χ2v) is 5.10. The number of hydrogen-bond acceptors (Lipinski definition) is 8. The molecule has 14 heavy (non-hydrogen) atoms. The van der Waals surface area contributed by atoms with E-state index in [1.807, 2.05) is 7.05 Å². The van der Waals surface area contributed by atoms with Crippen LogP contribution >= 0.6 is 34.6 Å². The fourth-order valence-electron chi connectivity index (χ4n) is 0.849. The maximum Gasteiger partial charge on any atom is 0.174 e. The molecule has 0 aliphatic heterocycles. The zero-order chi connectivity index (χ0) is 9.80.